The van der Waals surface area contributed by atoms with Crippen molar-refractivity contribution in [2.24, 2.45) is 11.8 Å². The molecule has 0 radical (unpaired) electrons. The molecule has 0 bridgehead atoms. The predicted molar refractivity (Wildman–Crippen MR) is 136 cm³/mol. The van der Waals surface area contributed by atoms with E-state index in [0.717, 1.165) is 67.1 Å². The summed E-state index contributed by atoms with van der Waals surface area (Å²) in [5.41, 5.74) is 1.66. The number of nitrogens with one attached hydrogen (secondary N) is 1. The summed E-state index contributed by atoms with van der Waals surface area (Å²) in [6, 6.07) is 9.04. The van der Waals surface area contributed by atoms with E-state index >= 15 is 0 Å². The fraction of sp³-hybridized carbons (Fsp3) is 0.500. The van der Waals surface area contributed by atoms with E-state index in [1.54, 1.807) is 18.2 Å². The maximum absolute atomic E-state index is 13.0. The van der Waals surface area contributed by atoms with Gasteiger partial charge in [0.15, 0.2) is 0 Å². The molecule has 2 atom stereocenters. The number of hydrogen-bond donors (Lipinski definition) is 1. The number of fused-ring (bicyclic) bond motifs is 2. The van der Waals surface area contributed by atoms with Crippen LogP contribution in [0.4, 0.5) is 24.7 Å². The van der Waals surface area contributed by atoms with Crippen molar-refractivity contribution in [3.63, 3.8) is 0 Å². The van der Waals surface area contributed by atoms with Gasteiger partial charge in [-0.3, -0.25) is 9.62 Å². The van der Waals surface area contributed by atoms with Crippen molar-refractivity contribution in [3.05, 3.63) is 46.6 Å². The lowest BCUT2D eigenvalue weighted by Gasteiger charge is -2.23. The molecule has 1 aromatic carbocycles. The lowest BCUT2D eigenvalue weighted by molar-refractivity contribution is -0.126. The molecule has 12 heteroatoms. The second-order valence-electron chi connectivity index (χ2n) is 9.73. The Bertz CT molecular complexity index is 1340. The average molecular weight is 540 g/mol. The van der Waals surface area contributed by atoms with Gasteiger partial charge in [-0.15, -0.1) is 11.3 Å². The molecule has 2 aromatic heterocycles. The van der Waals surface area contributed by atoms with Crippen LogP contribution >= 0.6 is 11.3 Å². The summed E-state index contributed by atoms with van der Waals surface area (Å²) < 4.78 is 64.2. The van der Waals surface area contributed by atoms with Crippen LogP contribution in [0.15, 0.2) is 30.3 Å². The van der Waals surface area contributed by atoms with Crippen LogP contribution < -0.4 is 9.62 Å². The number of rotatable bonds is 7. The van der Waals surface area contributed by atoms with Gasteiger partial charge < -0.3 is 4.90 Å². The first-order valence-electron chi connectivity index (χ1n) is 11.9. The minimum Gasteiger partial charge on any atom is -0.355 e. The highest BCUT2D eigenvalue weighted by Gasteiger charge is 2.41. The molecule has 3 aromatic rings. The van der Waals surface area contributed by atoms with Gasteiger partial charge in [0.1, 0.15) is 16.5 Å². The molecule has 2 saturated heterocycles. The van der Waals surface area contributed by atoms with Crippen LogP contribution in [-0.4, -0.2) is 61.9 Å². The van der Waals surface area contributed by atoms with Crippen LogP contribution in [0, 0.1) is 11.8 Å². The number of likely N-dealkylation sites (tertiary alicyclic amines) is 1. The van der Waals surface area contributed by atoms with Crippen LogP contribution in [0.1, 0.15) is 23.2 Å². The summed E-state index contributed by atoms with van der Waals surface area (Å²) in [6.07, 6.45) is -3.44. The Kier molecular flexibility index (Phi) is 6.63. The molecule has 0 aliphatic carbocycles. The molecule has 2 fully saturated rings. The largest absolute Gasteiger partial charge is 0.393 e. The minimum atomic E-state index is -4.25. The van der Waals surface area contributed by atoms with Crippen molar-refractivity contribution in [2.45, 2.75) is 32.5 Å². The number of thiophene rings is 1. The van der Waals surface area contributed by atoms with Crippen molar-refractivity contribution in [3.8, 4) is 0 Å². The Morgan fingerprint density at radius 3 is 2.33 bits per heavy atom. The maximum atomic E-state index is 13.0. The van der Waals surface area contributed by atoms with E-state index in [0.29, 0.717) is 34.6 Å². The fourth-order valence-corrected chi connectivity index (χ4v) is 6.86. The molecule has 4 heterocycles. The van der Waals surface area contributed by atoms with E-state index in [1.165, 1.54) is 0 Å². The Labute approximate surface area is 212 Å². The third-order valence-corrected chi connectivity index (χ3v) is 8.32. The molecule has 2 aliphatic rings. The summed E-state index contributed by atoms with van der Waals surface area (Å²) in [7, 11) is -3.30. The molecule has 7 nitrogen and oxygen atoms in total. The van der Waals surface area contributed by atoms with E-state index in [-0.39, 0.29) is 4.88 Å². The van der Waals surface area contributed by atoms with Crippen molar-refractivity contribution in [1.29, 1.82) is 0 Å². The molecule has 0 saturated carbocycles. The minimum absolute atomic E-state index is 0.268. The second kappa shape index (κ2) is 9.46. The summed E-state index contributed by atoms with van der Waals surface area (Å²) >= 11 is 1.11. The Morgan fingerprint density at radius 1 is 1.08 bits per heavy atom. The number of benzene rings is 1. The lowest BCUT2D eigenvalue weighted by Crippen LogP contribution is -2.29. The number of anilines is 2. The van der Waals surface area contributed by atoms with Gasteiger partial charge in [-0.25, -0.2) is 18.4 Å². The van der Waals surface area contributed by atoms with Gasteiger partial charge in [-0.05, 0) is 35.6 Å². The normalized spacial score (nSPS) is 20.9. The van der Waals surface area contributed by atoms with Gasteiger partial charge in [0.2, 0.25) is 10.0 Å². The Hall–Kier alpha value is -2.44. The number of alkyl halides is 3. The van der Waals surface area contributed by atoms with Gasteiger partial charge >= 0.3 is 6.18 Å². The lowest BCUT2D eigenvalue weighted by atomic mass is 10.0. The highest BCUT2D eigenvalue weighted by atomic mass is 32.2. The predicted octanol–water partition coefficient (Wildman–Crippen LogP) is 4.30. The topological polar surface area (TPSA) is 78.4 Å². The van der Waals surface area contributed by atoms with Crippen molar-refractivity contribution in [1.82, 2.24) is 14.9 Å². The maximum Gasteiger partial charge on any atom is 0.393 e. The first-order valence-corrected chi connectivity index (χ1v) is 14.6. The number of hydrogen-bond acceptors (Lipinski definition) is 7. The first-order chi connectivity index (χ1) is 17.0. The molecule has 0 spiro atoms. The quantitative estimate of drug-likeness (QED) is 0.483. The van der Waals surface area contributed by atoms with Crippen LogP contribution in [0.2, 0.25) is 0 Å². The third-order valence-electron chi connectivity index (χ3n) is 6.69. The molecule has 2 unspecified atom stereocenters. The number of aryl methyl sites for hydroxylation is 1. The standard InChI is InChI=1S/C24H28F3N5O2S2/c1-3-21-28-22(20-8-19(9-24(25,26)27)35-23(20)29-21)32-13-16-11-31(12-17(16)14-32)10-15-4-6-18(7-5-15)30-36(2,33)34/h4-8,16-17,30H,3,9-14H2,1-2H3. The van der Waals surface area contributed by atoms with E-state index in [1.807, 2.05) is 19.1 Å². The zero-order valence-electron chi connectivity index (χ0n) is 20.0. The number of sulfonamides is 1. The van der Waals surface area contributed by atoms with Gasteiger partial charge in [0.25, 0.3) is 0 Å². The number of aromatic nitrogens is 2. The summed E-state index contributed by atoms with van der Waals surface area (Å²) in [5, 5.41) is 0.719. The molecule has 0 amide bonds. The molecule has 194 valence electrons. The van der Waals surface area contributed by atoms with Crippen LogP contribution in [0.25, 0.3) is 10.2 Å². The SMILES string of the molecule is CCc1nc(N2CC3CN(Cc4ccc(NS(C)(=O)=O)cc4)CC3C2)c2cc(CC(F)(F)F)sc2n1. The molecule has 5 rings (SSSR count). The van der Waals surface area contributed by atoms with E-state index in [2.05, 4.69) is 19.5 Å². The smallest absolute Gasteiger partial charge is 0.355 e. The molecular formula is C24H28F3N5O2S2. The Balaban J connectivity index is 1.26. The van der Waals surface area contributed by atoms with Gasteiger partial charge in [-0.2, -0.15) is 13.2 Å². The zero-order chi connectivity index (χ0) is 25.7. The van der Waals surface area contributed by atoms with Crippen molar-refractivity contribution >= 4 is 43.1 Å². The molecule has 36 heavy (non-hydrogen) atoms. The number of halogens is 3. The Morgan fingerprint density at radius 2 is 1.75 bits per heavy atom. The van der Waals surface area contributed by atoms with Crippen LogP contribution in [0.3, 0.4) is 0 Å². The van der Waals surface area contributed by atoms with Crippen LogP contribution in [0.5, 0.6) is 0 Å². The highest BCUT2D eigenvalue weighted by molar-refractivity contribution is 7.92. The molecule has 2 aliphatic heterocycles. The summed E-state index contributed by atoms with van der Waals surface area (Å²) in [4.78, 5) is 14.8. The average Bonchev–Trinajstić information content (AvgIpc) is 3.44. The first kappa shape index (κ1) is 25.2. The van der Waals surface area contributed by atoms with Crippen molar-refractivity contribution < 1.29 is 21.6 Å². The van der Waals surface area contributed by atoms with Gasteiger partial charge in [0, 0.05) is 49.7 Å². The van der Waals surface area contributed by atoms with E-state index < -0.39 is 22.6 Å². The van der Waals surface area contributed by atoms with Crippen LogP contribution in [-0.2, 0) is 29.4 Å². The zero-order valence-corrected chi connectivity index (χ0v) is 21.7. The van der Waals surface area contributed by atoms with E-state index in [9.17, 15) is 21.6 Å². The van der Waals surface area contributed by atoms with Crippen molar-refractivity contribution in [2.75, 3.05) is 42.1 Å². The summed E-state index contributed by atoms with van der Waals surface area (Å²) in [6.45, 7) is 6.24. The van der Waals surface area contributed by atoms with E-state index in [4.69, 9.17) is 4.98 Å². The second-order valence-corrected chi connectivity index (χ2v) is 12.6. The summed E-state index contributed by atoms with van der Waals surface area (Å²) in [5.74, 6) is 2.33. The molecule has 1 N–H and O–H groups in total. The third kappa shape index (κ3) is 5.76. The number of nitrogens with zero attached hydrogens (tertiary/aromatic N) is 4. The monoisotopic (exact) mass is 539 g/mol. The molecular weight excluding hydrogens is 511 g/mol. The highest BCUT2D eigenvalue weighted by Crippen LogP contribution is 2.39. The van der Waals surface area contributed by atoms with Gasteiger partial charge in [-0.1, -0.05) is 19.1 Å². The fourth-order valence-electron chi connectivity index (χ4n) is 5.23. The van der Waals surface area contributed by atoms with Gasteiger partial charge in [0.05, 0.1) is 18.1 Å².